The van der Waals surface area contributed by atoms with Gasteiger partial charge in [-0.25, -0.2) is 9.97 Å². The van der Waals surface area contributed by atoms with E-state index in [2.05, 4.69) is 41.4 Å². The summed E-state index contributed by atoms with van der Waals surface area (Å²) in [4.78, 5) is 8.41. The zero-order chi connectivity index (χ0) is 12.1. The van der Waals surface area contributed by atoms with E-state index in [0.29, 0.717) is 11.8 Å². The molecule has 1 aromatic heterocycles. The molecule has 0 aliphatic heterocycles. The minimum absolute atomic E-state index is 0.632. The van der Waals surface area contributed by atoms with Gasteiger partial charge in [0.15, 0.2) is 0 Å². The van der Waals surface area contributed by atoms with Gasteiger partial charge in [0.2, 0.25) is 0 Å². The molecular weight excluding hydrogens is 200 g/mol. The van der Waals surface area contributed by atoms with Gasteiger partial charge < -0.3 is 10.6 Å². The highest BCUT2D eigenvalue weighted by Gasteiger charge is 2.09. The largest absolute Gasteiger partial charge is 0.373 e. The van der Waals surface area contributed by atoms with E-state index in [1.165, 1.54) is 0 Å². The summed E-state index contributed by atoms with van der Waals surface area (Å²) < 4.78 is 0. The molecule has 4 heteroatoms. The SMILES string of the molecule is CNc1ncnc(NCC(C)C(C)C)c1C. The van der Waals surface area contributed by atoms with Crippen molar-refractivity contribution >= 4 is 11.6 Å². The standard InChI is InChI=1S/C12H22N4/c1-8(2)9(3)6-14-12-10(4)11(13-5)15-7-16-12/h7-9H,6H2,1-5H3,(H2,13,14,15,16). The fourth-order valence-corrected chi connectivity index (χ4v) is 1.37. The molecule has 0 fully saturated rings. The Morgan fingerprint density at radius 3 is 2.38 bits per heavy atom. The Labute approximate surface area is 97.9 Å². The number of nitrogens with zero attached hydrogens (tertiary/aromatic N) is 2. The maximum absolute atomic E-state index is 4.26. The Hall–Kier alpha value is -1.32. The predicted octanol–water partition coefficient (Wildman–Crippen LogP) is 2.53. The summed E-state index contributed by atoms with van der Waals surface area (Å²) in [5, 5.41) is 6.43. The number of anilines is 2. The van der Waals surface area contributed by atoms with Gasteiger partial charge in [0.1, 0.15) is 18.0 Å². The molecule has 4 nitrogen and oxygen atoms in total. The van der Waals surface area contributed by atoms with Crippen LogP contribution < -0.4 is 10.6 Å². The van der Waals surface area contributed by atoms with Crippen LogP contribution >= 0.6 is 0 Å². The number of aromatic nitrogens is 2. The first kappa shape index (κ1) is 12.7. The summed E-state index contributed by atoms with van der Waals surface area (Å²) >= 11 is 0. The summed E-state index contributed by atoms with van der Waals surface area (Å²) in [5.41, 5.74) is 1.07. The van der Waals surface area contributed by atoms with Gasteiger partial charge in [0, 0.05) is 19.2 Å². The molecular formula is C12H22N4. The number of hydrogen-bond acceptors (Lipinski definition) is 4. The van der Waals surface area contributed by atoms with Gasteiger partial charge >= 0.3 is 0 Å². The molecule has 1 unspecified atom stereocenters. The first-order chi connectivity index (χ1) is 7.56. The maximum atomic E-state index is 4.26. The van der Waals surface area contributed by atoms with Crippen molar-refractivity contribution in [1.82, 2.24) is 9.97 Å². The molecule has 16 heavy (non-hydrogen) atoms. The Balaban J connectivity index is 2.67. The van der Waals surface area contributed by atoms with Crippen LogP contribution in [0.15, 0.2) is 6.33 Å². The smallest absolute Gasteiger partial charge is 0.134 e. The van der Waals surface area contributed by atoms with E-state index >= 15 is 0 Å². The van der Waals surface area contributed by atoms with Gasteiger partial charge in [0.25, 0.3) is 0 Å². The monoisotopic (exact) mass is 222 g/mol. The Kier molecular flexibility index (Phi) is 4.52. The molecule has 0 radical (unpaired) electrons. The van der Waals surface area contributed by atoms with Crippen molar-refractivity contribution in [3.63, 3.8) is 0 Å². The molecule has 1 aromatic rings. The Morgan fingerprint density at radius 2 is 1.81 bits per heavy atom. The second-order valence-electron chi connectivity index (χ2n) is 4.55. The average molecular weight is 222 g/mol. The van der Waals surface area contributed by atoms with Crippen LogP contribution in [-0.4, -0.2) is 23.6 Å². The van der Waals surface area contributed by atoms with Crippen LogP contribution in [0.5, 0.6) is 0 Å². The van der Waals surface area contributed by atoms with Crippen molar-refractivity contribution in [2.75, 3.05) is 24.2 Å². The van der Waals surface area contributed by atoms with Crippen molar-refractivity contribution in [2.24, 2.45) is 11.8 Å². The van der Waals surface area contributed by atoms with Gasteiger partial charge in [-0.05, 0) is 18.8 Å². The van der Waals surface area contributed by atoms with E-state index in [9.17, 15) is 0 Å². The van der Waals surface area contributed by atoms with E-state index < -0.39 is 0 Å². The zero-order valence-electron chi connectivity index (χ0n) is 10.8. The van der Waals surface area contributed by atoms with Crippen molar-refractivity contribution in [1.29, 1.82) is 0 Å². The molecule has 1 heterocycles. The van der Waals surface area contributed by atoms with E-state index in [4.69, 9.17) is 0 Å². The van der Waals surface area contributed by atoms with Gasteiger partial charge in [0.05, 0.1) is 0 Å². The van der Waals surface area contributed by atoms with Crippen molar-refractivity contribution < 1.29 is 0 Å². The molecule has 0 saturated heterocycles. The highest BCUT2D eigenvalue weighted by molar-refractivity contribution is 5.55. The normalized spacial score (nSPS) is 12.6. The molecule has 0 aliphatic carbocycles. The van der Waals surface area contributed by atoms with Gasteiger partial charge in [-0.3, -0.25) is 0 Å². The fraction of sp³-hybridized carbons (Fsp3) is 0.667. The van der Waals surface area contributed by atoms with Crippen LogP contribution in [-0.2, 0) is 0 Å². The molecule has 0 bridgehead atoms. The summed E-state index contributed by atoms with van der Waals surface area (Å²) in [7, 11) is 1.87. The molecule has 2 N–H and O–H groups in total. The van der Waals surface area contributed by atoms with Crippen LogP contribution in [0.25, 0.3) is 0 Å². The quantitative estimate of drug-likeness (QED) is 0.803. The summed E-state index contributed by atoms with van der Waals surface area (Å²) in [6.07, 6.45) is 1.58. The third kappa shape index (κ3) is 3.08. The molecule has 0 saturated carbocycles. The lowest BCUT2D eigenvalue weighted by Crippen LogP contribution is -2.17. The molecule has 0 aromatic carbocycles. The molecule has 1 rings (SSSR count). The first-order valence-corrected chi connectivity index (χ1v) is 5.79. The summed E-state index contributed by atoms with van der Waals surface area (Å²) in [6.45, 7) is 9.68. The molecule has 0 aliphatic rings. The van der Waals surface area contributed by atoms with E-state index in [0.717, 1.165) is 23.7 Å². The van der Waals surface area contributed by atoms with Crippen LogP contribution in [0.4, 0.5) is 11.6 Å². The molecule has 90 valence electrons. The summed E-state index contributed by atoms with van der Waals surface area (Å²) in [6, 6.07) is 0. The van der Waals surface area contributed by atoms with Gasteiger partial charge in [-0.1, -0.05) is 20.8 Å². The van der Waals surface area contributed by atoms with Crippen molar-refractivity contribution in [3.05, 3.63) is 11.9 Å². The predicted molar refractivity (Wildman–Crippen MR) is 68.8 cm³/mol. The van der Waals surface area contributed by atoms with E-state index in [1.54, 1.807) is 6.33 Å². The summed E-state index contributed by atoms with van der Waals surface area (Å²) in [5.74, 6) is 3.12. The van der Waals surface area contributed by atoms with Crippen LogP contribution in [0.3, 0.4) is 0 Å². The number of nitrogens with one attached hydrogen (secondary N) is 2. The van der Waals surface area contributed by atoms with Gasteiger partial charge in [-0.2, -0.15) is 0 Å². The third-order valence-corrected chi connectivity index (χ3v) is 3.05. The minimum atomic E-state index is 0.632. The molecule has 0 spiro atoms. The maximum Gasteiger partial charge on any atom is 0.134 e. The molecule has 0 amide bonds. The van der Waals surface area contributed by atoms with Crippen molar-refractivity contribution in [2.45, 2.75) is 27.7 Å². The van der Waals surface area contributed by atoms with Crippen LogP contribution in [0.1, 0.15) is 26.3 Å². The first-order valence-electron chi connectivity index (χ1n) is 5.79. The zero-order valence-corrected chi connectivity index (χ0v) is 10.8. The highest BCUT2D eigenvalue weighted by Crippen LogP contribution is 2.18. The number of hydrogen-bond donors (Lipinski definition) is 2. The number of rotatable bonds is 5. The highest BCUT2D eigenvalue weighted by atomic mass is 15.1. The second kappa shape index (κ2) is 5.68. The van der Waals surface area contributed by atoms with E-state index in [1.807, 2.05) is 14.0 Å². The lowest BCUT2D eigenvalue weighted by Gasteiger charge is -2.17. The molecule has 1 atom stereocenters. The topological polar surface area (TPSA) is 49.8 Å². The van der Waals surface area contributed by atoms with Gasteiger partial charge in [-0.15, -0.1) is 0 Å². The average Bonchev–Trinajstić information content (AvgIpc) is 2.27. The minimum Gasteiger partial charge on any atom is -0.373 e. The Morgan fingerprint density at radius 1 is 1.19 bits per heavy atom. The lowest BCUT2D eigenvalue weighted by atomic mass is 9.98. The fourth-order valence-electron chi connectivity index (χ4n) is 1.37. The Bertz CT molecular complexity index is 336. The van der Waals surface area contributed by atoms with Crippen LogP contribution in [0.2, 0.25) is 0 Å². The van der Waals surface area contributed by atoms with Crippen LogP contribution in [0, 0.1) is 18.8 Å². The third-order valence-electron chi connectivity index (χ3n) is 3.05. The van der Waals surface area contributed by atoms with E-state index in [-0.39, 0.29) is 0 Å². The van der Waals surface area contributed by atoms with Crippen molar-refractivity contribution in [3.8, 4) is 0 Å². The lowest BCUT2D eigenvalue weighted by molar-refractivity contribution is 0.439. The second-order valence-corrected chi connectivity index (χ2v) is 4.55.